The molecule has 0 aliphatic carbocycles. The Bertz CT molecular complexity index is 772. The molecule has 1 radical (unpaired) electrons. The van der Waals surface area contributed by atoms with E-state index in [0.29, 0.717) is 6.42 Å². The normalized spacial score (nSPS) is 9.65. The Morgan fingerprint density at radius 1 is 0.731 bits per heavy atom. The molecule has 0 heterocycles. The molecule has 0 saturated carbocycles. The molecule has 0 bridgehead atoms. The number of aromatic hydroxyl groups is 3. The topological polar surface area (TPSA) is 60.7 Å². The van der Waals surface area contributed by atoms with E-state index in [0.717, 1.165) is 27.8 Å². The molecule has 0 aromatic heterocycles. The summed E-state index contributed by atoms with van der Waals surface area (Å²) in [6.45, 7) is 5.89. The van der Waals surface area contributed by atoms with Gasteiger partial charge in [-0.1, -0.05) is 31.5 Å². The van der Waals surface area contributed by atoms with Crippen molar-refractivity contribution >= 4 is 0 Å². The number of phenolic OH excluding ortho intramolecular Hbond substituents is 3. The van der Waals surface area contributed by atoms with Crippen LogP contribution >= 0.6 is 0 Å². The number of benzene rings is 3. The molecule has 4 heteroatoms. The van der Waals surface area contributed by atoms with Gasteiger partial charge in [-0.15, -0.1) is 23.8 Å². The van der Waals surface area contributed by atoms with Gasteiger partial charge < -0.3 is 15.3 Å². The molecule has 0 aliphatic rings. The molecule has 0 atom stereocenters. The average molecular weight is 423 g/mol. The van der Waals surface area contributed by atoms with Gasteiger partial charge in [0.1, 0.15) is 5.75 Å². The third kappa shape index (κ3) is 6.82. The third-order valence-corrected chi connectivity index (χ3v) is 3.71. The van der Waals surface area contributed by atoms with Crippen LogP contribution in [0.4, 0.5) is 0 Å². The summed E-state index contributed by atoms with van der Waals surface area (Å²) < 4.78 is 0. The zero-order valence-corrected chi connectivity index (χ0v) is 18.1. The maximum atomic E-state index is 9.76. The van der Waals surface area contributed by atoms with Gasteiger partial charge in [0.15, 0.2) is 0 Å². The summed E-state index contributed by atoms with van der Waals surface area (Å²) in [5.41, 5.74) is 4.85. The van der Waals surface area contributed by atoms with Gasteiger partial charge in [0.2, 0.25) is 0 Å². The van der Waals surface area contributed by atoms with Crippen LogP contribution in [0, 0.1) is 32.9 Å². The Morgan fingerprint density at radius 3 is 1.96 bits per heavy atom. The molecule has 3 N–H and O–H groups in total. The van der Waals surface area contributed by atoms with E-state index in [1.807, 2.05) is 45.0 Å². The molecule has 3 aromatic carbocycles. The summed E-state index contributed by atoms with van der Waals surface area (Å²) in [6.07, 6.45) is 0.511. The number of phenols is 3. The van der Waals surface area contributed by atoms with E-state index in [1.54, 1.807) is 24.3 Å². The van der Waals surface area contributed by atoms with Crippen LogP contribution in [0.1, 0.15) is 27.8 Å². The summed E-state index contributed by atoms with van der Waals surface area (Å²) in [4.78, 5) is 0. The van der Waals surface area contributed by atoms with Crippen LogP contribution in [0.3, 0.4) is 0 Å². The van der Waals surface area contributed by atoms with Crippen LogP contribution < -0.4 is 0 Å². The summed E-state index contributed by atoms with van der Waals surface area (Å²) >= 11 is 0. The fourth-order valence-electron chi connectivity index (χ4n) is 2.35. The first-order chi connectivity index (χ1) is 11.8. The molecule has 0 amide bonds. The molecule has 3 nitrogen and oxygen atoms in total. The van der Waals surface area contributed by atoms with Gasteiger partial charge in [-0.2, -0.15) is 35.4 Å². The van der Waals surface area contributed by atoms with Gasteiger partial charge in [-0.3, -0.25) is 0 Å². The Labute approximate surface area is 180 Å². The van der Waals surface area contributed by atoms with Crippen molar-refractivity contribution in [3.63, 3.8) is 0 Å². The number of hydrogen-bond donors (Lipinski definition) is 3. The Hall–Kier alpha value is -1.84. The Balaban J connectivity index is 0.000000318. The second kappa shape index (κ2) is 10.3. The van der Waals surface area contributed by atoms with E-state index in [1.165, 1.54) is 0 Å². The summed E-state index contributed by atoms with van der Waals surface area (Å²) in [5.74, 6) is 0.614. The fourth-order valence-corrected chi connectivity index (χ4v) is 2.35. The van der Waals surface area contributed by atoms with Gasteiger partial charge >= 0.3 is 0 Å². The van der Waals surface area contributed by atoms with Crippen molar-refractivity contribution in [2.45, 2.75) is 27.2 Å². The van der Waals surface area contributed by atoms with Gasteiger partial charge in [-0.25, -0.2) is 0 Å². The first-order valence-corrected chi connectivity index (χ1v) is 8.01. The summed E-state index contributed by atoms with van der Waals surface area (Å²) in [5, 5.41) is 28.2. The molecule has 0 spiro atoms. The SMILES string of the molecule is Cc1c[c-]c(O)c(Cc2cc(C)ccc2O)c1.Cc1c[c-]c(O)cc1.[Y]. The van der Waals surface area contributed by atoms with E-state index in [-0.39, 0.29) is 50.0 Å². The van der Waals surface area contributed by atoms with E-state index in [9.17, 15) is 10.2 Å². The van der Waals surface area contributed by atoms with E-state index >= 15 is 0 Å². The van der Waals surface area contributed by atoms with Gasteiger partial charge in [0, 0.05) is 44.2 Å². The molecular formula is C22H22O3Y-2. The molecule has 3 aromatic rings. The maximum absolute atomic E-state index is 9.76. The second-order valence-corrected chi connectivity index (χ2v) is 6.11. The van der Waals surface area contributed by atoms with Crippen molar-refractivity contribution in [3.05, 3.63) is 88.5 Å². The van der Waals surface area contributed by atoms with Crippen molar-refractivity contribution < 1.29 is 48.0 Å². The van der Waals surface area contributed by atoms with Crippen LogP contribution in [0.5, 0.6) is 17.2 Å². The molecule has 3 rings (SSSR count). The second-order valence-electron chi connectivity index (χ2n) is 6.11. The van der Waals surface area contributed by atoms with Crippen molar-refractivity contribution in [2.24, 2.45) is 0 Å². The standard InChI is InChI=1S/C15H15O2.C7H7O.Y/c1-10-3-5-14(16)12(7-10)9-13-8-11(2)4-6-15(13)17;1-6-2-4-7(8)5-3-6;/h3-5,7-8,16-17H,9H2,1-2H3;2-4,8H,1H3;/q2*-1;. The number of rotatable bonds is 2. The third-order valence-electron chi connectivity index (χ3n) is 3.71. The molecular weight excluding hydrogens is 401 g/mol. The molecule has 0 fully saturated rings. The van der Waals surface area contributed by atoms with Crippen LogP contribution in [-0.2, 0) is 39.1 Å². The smallest absolute Gasteiger partial charge is 0.118 e. The van der Waals surface area contributed by atoms with Crippen molar-refractivity contribution in [1.82, 2.24) is 0 Å². The largest absolute Gasteiger partial charge is 0.534 e. The van der Waals surface area contributed by atoms with Crippen molar-refractivity contribution in [3.8, 4) is 17.2 Å². The molecule has 0 unspecified atom stereocenters. The first-order valence-electron chi connectivity index (χ1n) is 8.01. The van der Waals surface area contributed by atoms with Gasteiger partial charge in [-0.05, 0) is 25.0 Å². The zero-order valence-electron chi connectivity index (χ0n) is 15.2. The van der Waals surface area contributed by atoms with Crippen molar-refractivity contribution in [2.75, 3.05) is 0 Å². The van der Waals surface area contributed by atoms with Crippen LogP contribution in [0.2, 0.25) is 0 Å². The Kier molecular flexibility index (Phi) is 8.84. The fraction of sp³-hybridized carbons (Fsp3) is 0.182. The van der Waals surface area contributed by atoms with Gasteiger partial charge in [0.05, 0.1) is 0 Å². The average Bonchev–Trinajstić information content (AvgIpc) is 2.58. The predicted molar refractivity (Wildman–Crippen MR) is 99.0 cm³/mol. The molecule has 133 valence electrons. The quantitative estimate of drug-likeness (QED) is 0.528. The minimum atomic E-state index is 0. The molecule has 26 heavy (non-hydrogen) atoms. The minimum absolute atomic E-state index is 0. The molecule has 0 saturated heterocycles. The predicted octanol–water partition coefficient (Wildman–Crippen LogP) is 4.60. The zero-order chi connectivity index (χ0) is 18.4. The maximum Gasteiger partial charge on any atom is 0.118 e. The monoisotopic (exact) mass is 423 g/mol. The van der Waals surface area contributed by atoms with E-state index in [4.69, 9.17) is 5.11 Å². The van der Waals surface area contributed by atoms with Crippen LogP contribution in [0.25, 0.3) is 0 Å². The Morgan fingerprint density at radius 2 is 1.35 bits per heavy atom. The van der Waals surface area contributed by atoms with Gasteiger partial charge in [0.25, 0.3) is 0 Å². The summed E-state index contributed by atoms with van der Waals surface area (Å²) in [7, 11) is 0. The van der Waals surface area contributed by atoms with Crippen molar-refractivity contribution in [1.29, 1.82) is 0 Å². The first kappa shape index (κ1) is 22.2. The molecule has 0 aliphatic heterocycles. The number of aryl methyl sites for hydroxylation is 3. The van der Waals surface area contributed by atoms with E-state index < -0.39 is 0 Å². The van der Waals surface area contributed by atoms with Crippen LogP contribution in [-0.4, -0.2) is 15.3 Å². The summed E-state index contributed by atoms with van der Waals surface area (Å²) in [6, 6.07) is 19.8. The van der Waals surface area contributed by atoms with Crippen LogP contribution in [0.15, 0.2) is 48.5 Å². The van der Waals surface area contributed by atoms with E-state index in [2.05, 4.69) is 12.1 Å². The number of hydrogen-bond acceptors (Lipinski definition) is 3. The minimum Gasteiger partial charge on any atom is -0.534 e.